The molecule has 1 amide bonds. The Morgan fingerprint density at radius 2 is 1.86 bits per heavy atom. The zero-order valence-corrected chi connectivity index (χ0v) is 17.3. The Labute approximate surface area is 170 Å². The number of carbonyl (C=O) groups is 1. The van der Waals surface area contributed by atoms with Crippen LogP contribution in [-0.2, 0) is 10.2 Å². The Morgan fingerprint density at radius 1 is 1.14 bits per heavy atom. The fourth-order valence-electron chi connectivity index (χ4n) is 3.43. The van der Waals surface area contributed by atoms with Crippen LogP contribution in [0.2, 0.25) is 0 Å². The van der Waals surface area contributed by atoms with E-state index in [1.54, 1.807) is 16.5 Å². The molecule has 1 aromatic carbocycles. The molecule has 2 aromatic heterocycles. The van der Waals surface area contributed by atoms with Gasteiger partial charge in [-0.15, -0.1) is 0 Å². The summed E-state index contributed by atoms with van der Waals surface area (Å²) in [5.41, 5.74) is 3.47. The number of para-hydroxylation sites is 1. The minimum Gasteiger partial charge on any atom is -0.496 e. The quantitative estimate of drug-likeness (QED) is 0.682. The molecule has 1 fully saturated rings. The van der Waals surface area contributed by atoms with Crippen molar-refractivity contribution in [2.75, 3.05) is 33.4 Å². The van der Waals surface area contributed by atoms with E-state index in [1.165, 1.54) is 0 Å². The third-order valence-corrected chi connectivity index (χ3v) is 5.10. The van der Waals surface area contributed by atoms with Crippen molar-refractivity contribution >= 4 is 11.6 Å². The first-order chi connectivity index (χ1) is 13.9. The highest BCUT2D eigenvalue weighted by molar-refractivity contribution is 5.94. The molecule has 0 bridgehead atoms. The summed E-state index contributed by atoms with van der Waals surface area (Å²) in [5, 5.41) is 4.80. The van der Waals surface area contributed by atoms with Crippen LogP contribution < -0.4 is 4.74 Å². The Balaban J connectivity index is 1.91. The van der Waals surface area contributed by atoms with Crippen LogP contribution in [0.4, 0.5) is 0 Å². The number of nitrogens with zero attached hydrogens (tertiary/aromatic N) is 4. The predicted octanol–water partition coefficient (Wildman–Crippen LogP) is 3.17. The van der Waals surface area contributed by atoms with Crippen molar-refractivity contribution in [3.05, 3.63) is 47.8 Å². The van der Waals surface area contributed by atoms with Crippen molar-refractivity contribution in [3.8, 4) is 17.0 Å². The van der Waals surface area contributed by atoms with E-state index in [0.29, 0.717) is 37.6 Å². The van der Waals surface area contributed by atoms with Crippen LogP contribution in [0, 0.1) is 0 Å². The molecule has 3 heterocycles. The number of benzene rings is 1. The molecule has 1 aliphatic heterocycles. The number of methoxy groups -OCH3 is 1. The summed E-state index contributed by atoms with van der Waals surface area (Å²) in [5.74, 6) is 0.628. The maximum absolute atomic E-state index is 13.1. The summed E-state index contributed by atoms with van der Waals surface area (Å²) in [7, 11) is 1.64. The Morgan fingerprint density at radius 3 is 2.55 bits per heavy atom. The van der Waals surface area contributed by atoms with Gasteiger partial charge in [-0.3, -0.25) is 4.79 Å². The molecule has 0 unspecified atom stereocenters. The predicted molar refractivity (Wildman–Crippen MR) is 110 cm³/mol. The third-order valence-electron chi connectivity index (χ3n) is 5.10. The van der Waals surface area contributed by atoms with E-state index in [1.807, 2.05) is 36.4 Å². The van der Waals surface area contributed by atoms with Gasteiger partial charge in [0.2, 0.25) is 0 Å². The minimum absolute atomic E-state index is 0.0922. The topological polar surface area (TPSA) is 69.0 Å². The van der Waals surface area contributed by atoms with Crippen LogP contribution in [0.5, 0.6) is 5.75 Å². The number of hydrogen-bond acceptors (Lipinski definition) is 5. The zero-order chi connectivity index (χ0) is 20.6. The molecule has 7 nitrogen and oxygen atoms in total. The molecule has 0 spiro atoms. The largest absolute Gasteiger partial charge is 0.496 e. The molecule has 0 atom stereocenters. The summed E-state index contributed by atoms with van der Waals surface area (Å²) in [4.78, 5) is 19.6. The number of amides is 1. The number of rotatable bonds is 3. The van der Waals surface area contributed by atoms with E-state index in [4.69, 9.17) is 14.6 Å². The van der Waals surface area contributed by atoms with Gasteiger partial charge >= 0.3 is 0 Å². The van der Waals surface area contributed by atoms with Gasteiger partial charge in [-0.1, -0.05) is 32.9 Å². The molecule has 3 aromatic rings. The summed E-state index contributed by atoms with van der Waals surface area (Å²) in [6.07, 6.45) is 0. The number of fused-ring (bicyclic) bond motifs is 1. The lowest BCUT2D eigenvalue weighted by Gasteiger charge is -2.26. The Bertz CT molecular complexity index is 1050. The first-order valence-electron chi connectivity index (χ1n) is 9.80. The van der Waals surface area contributed by atoms with Crippen molar-refractivity contribution in [1.82, 2.24) is 19.5 Å². The number of morpholine rings is 1. The van der Waals surface area contributed by atoms with Crippen LogP contribution in [0.3, 0.4) is 0 Å². The van der Waals surface area contributed by atoms with Crippen molar-refractivity contribution in [2.24, 2.45) is 0 Å². The van der Waals surface area contributed by atoms with Gasteiger partial charge in [0.15, 0.2) is 5.65 Å². The lowest BCUT2D eigenvalue weighted by molar-refractivity contribution is 0.0299. The molecule has 1 saturated heterocycles. The monoisotopic (exact) mass is 394 g/mol. The highest BCUT2D eigenvalue weighted by atomic mass is 16.5. The van der Waals surface area contributed by atoms with Crippen LogP contribution in [0.25, 0.3) is 16.9 Å². The van der Waals surface area contributed by atoms with Crippen LogP contribution >= 0.6 is 0 Å². The first kappa shape index (κ1) is 19.4. The number of ether oxygens (including phenoxy) is 2. The molecular formula is C22H26N4O3. The molecule has 4 rings (SSSR count). The number of carbonyl (C=O) groups excluding carboxylic acids is 1. The van der Waals surface area contributed by atoms with Gasteiger partial charge in [-0.2, -0.15) is 5.10 Å². The second kappa shape index (κ2) is 7.48. The van der Waals surface area contributed by atoms with Gasteiger partial charge < -0.3 is 14.4 Å². The van der Waals surface area contributed by atoms with E-state index < -0.39 is 0 Å². The summed E-state index contributed by atoms with van der Waals surface area (Å²) < 4.78 is 12.7. The minimum atomic E-state index is -0.139. The maximum atomic E-state index is 13.1. The second-order valence-corrected chi connectivity index (χ2v) is 8.18. The molecular weight excluding hydrogens is 368 g/mol. The van der Waals surface area contributed by atoms with Crippen molar-refractivity contribution < 1.29 is 14.3 Å². The van der Waals surface area contributed by atoms with Crippen LogP contribution in [0.1, 0.15) is 37.0 Å². The number of hydrogen-bond donors (Lipinski definition) is 0. The first-order valence-corrected chi connectivity index (χ1v) is 9.80. The maximum Gasteiger partial charge on any atom is 0.272 e. The Kier molecular flexibility index (Phi) is 5.00. The van der Waals surface area contributed by atoms with Gasteiger partial charge in [0, 0.05) is 30.1 Å². The fraction of sp³-hybridized carbons (Fsp3) is 0.409. The van der Waals surface area contributed by atoms with E-state index in [0.717, 1.165) is 22.7 Å². The molecule has 152 valence electrons. The van der Waals surface area contributed by atoms with Gasteiger partial charge in [0.05, 0.1) is 31.7 Å². The fourth-order valence-corrected chi connectivity index (χ4v) is 3.43. The third kappa shape index (κ3) is 3.70. The molecule has 0 saturated carbocycles. The highest BCUT2D eigenvalue weighted by Crippen LogP contribution is 2.32. The lowest BCUT2D eigenvalue weighted by atomic mass is 9.93. The van der Waals surface area contributed by atoms with Crippen LogP contribution in [0.15, 0.2) is 36.4 Å². The normalized spacial score (nSPS) is 15.0. The molecule has 0 N–H and O–H groups in total. The average Bonchev–Trinajstić information content (AvgIpc) is 3.18. The average molecular weight is 394 g/mol. The molecule has 29 heavy (non-hydrogen) atoms. The van der Waals surface area contributed by atoms with Gasteiger partial charge in [0.25, 0.3) is 5.91 Å². The van der Waals surface area contributed by atoms with E-state index in [9.17, 15) is 4.79 Å². The van der Waals surface area contributed by atoms with E-state index >= 15 is 0 Å². The summed E-state index contributed by atoms with van der Waals surface area (Å²) in [6, 6.07) is 11.5. The standard InChI is InChI=1S/C22H26N4O3/c1-22(2,3)19-14-20-23-16(21(27)25-9-11-29-12-10-25)13-17(26(20)24-19)15-7-5-6-8-18(15)28-4/h5-8,13-14H,9-12H2,1-4H3. The Hall–Kier alpha value is -2.93. The van der Waals surface area contributed by atoms with Gasteiger partial charge in [-0.05, 0) is 18.2 Å². The lowest BCUT2D eigenvalue weighted by Crippen LogP contribution is -2.41. The molecule has 0 radical (unpaired) electrons. The van der Waals surface area contributed by atoms with Crippen molar-refractivity contribution in [2.45, 2.75) is 26.2 Å². The van der Waals surface area contributed by atoms with Crippen molar-refractivity contribution in [1.29, 1.82) is 0 Å². The van der Waals surface area contributed by atoms with Crippen molar-refractivity contribution in [3.63, 3.8) is 0 Å². The SMILES string of the molecule is COc1ccccc1-c1cc(C(=O)N2CCOCC2)nc2cc(C(C)(C)C)nn12. The molecule has 7 heteroatoms. The second-order valence-electron chi connectivity index (χ2n) is 8.18. The molecule has 0 aliphatic carbocycles. The molecule has 1 aliphatic rings. The zero-order valence-electron chi connectivity index (χ0n) is 17.3. The highest BCUT2D eigenvalue weighted by Gasteiger charge is 2.25. The van der Waals surface area contributed by atoms with Gasteiger partial charge in [-0.25, -0.2) is 9.50 Å². The smallest absolute Gasteiger partial charge is 0.272 e. The number of aromatic nitrogens is 3. The summed E-state index contributed by atoms with van der Waals surface area (Å²) in [6.45, 7) is 8.57. The van der Waals surface area contributed by atoms with E-state index in [2.05, 4.69) is 25.8 Å². The van der Waals surface area contributed by atoms with E-state index in [-0.39, 0.29) is 11.3 Å². The van der Waals surface area contributed by atoms with Crippen LogP contribution in [-0.4, -0.2) is 58.8 Å². The van der Waals surface area contributed by atoms with Gasteiger partial charge in [0.1, 0.15) is 11.4 Å². The summed E-state index contributed by atoms with van der Waals surface area (Å²) >= 11 is 0.